The Morgan fingerprint density at radius 2 is 1.67 bits per heavy atom. The molecule has 0 radical (unpaired) electrons. The van der Waals surface area contributed by atoms with Crippen molar-refractivity contribution in [3.63, 3.8) is 0 Å². The quantitative estimate of drug-likeness (QED) is 0.723. The van der Waals surface area contributed by atoms with Crippen LogP contribution in [0.4, 0.5) is 0 Å². The standard InChI is InChI=1S/C19H22O2/c1-13-6-9-16(19(3,4)5)18(10-13)21-17-11-15(12-20)8-7-14(17)2/h6-12H,1-5H3. The van der Waals surface area contributed by atoms with Crippen LogP contribution >= 0.6 is 0 Å². The van der Waals surface area contributed by atoms with Gasteiger partial charge in [-0.05, 0) is 42.5 Å². The number of hydrogen-bond donors (Lipinski definition) is 0. The van der Waals surface area contributed by atoms with Crippen molar-refractivity contribution in [1.82, 2.24) is 0 Å². The number of rotatable bonds is 3. The first kappa shape index (κ1) is 15.3. The predicted molar refractivity (Wildman–Crippen MR) is 86.5 cm³/mol. The molecule has 2 aromatic carbocycles. The first-order valence-electron chi connectivity index (χ1n) is 7.16. The third-order valence-electron chi connectivity index (χ3n) is 3.51. The smallest absolute Gasteiger partial charge is 0.150 e. The van der Waals surface area contributed by atoms with Crippen LogP contribution in [0.3, 0.4) is 0 Å². The monoisotopic (exact) mass is 282 g/mol. The molecule has 0 saturated carbocycles. The molecule has 0 spiro atoms. The Bertz CT molecular complexity index is 664. The second-order valence-corrected chi connectivity index (χ2v) is 6.49. The summed E-state index contributed by atoms with van der Waals surface area (Å²) in [6.07, 6.45) is 0.840. The maximum Gasteiger partial charge on any atom is 0.150 e. The largest absolute Gasteiger partial charge is 0.457 e. The van der Waals surface area contributed by atoms with Crippen LogP contribution in [0.25, 0.3) is 0 Å². The normalized spacial score (nSPS) is 11.3. The Labute approximate surface area is 126 Å². The number of carbonyl (C=O) groups is 1. The molecule has 0 unspecified atom stereocenters. The van der Waals surface area contributed by atoms with Crippen LogP contribution in [-0.2, 0) is 5.41 Å². The third kappa shape index (κ3) is 3.52. The topological polar surface area (TPSA) is 26.3 Å². The Morgan fingerprint density at radius 3 is 2.29 bits per heavy atom. The number of carbonyl (C=O) groups excluding carboxylic acids is 1. The fourth-order valence-electron chi connectivity index (χ4n) is 2.25. The van der Waals surface area contributed by atoms with E-state index >= 15 is 0 Å². The van der Waals surface area contributed by atoms with Crippen LogP contribution in [0, 0.1) is 13.8 Å². The molecule has 0 aliphatic carbocycles. The lowest BCUT2D eigenvalue weighted by Gasteiger charge is -2.23. The van der Waals surface area contributed by atoms with Crippen molar-refractivity contribution in [3.8, 4) is 11.5 Å². The maximum absolute atomic E-state index is 10.9. The molecule has 0 heterocycles. The molecular formula is C19H22O2. The van der Waals surface area contributed by atoms with Gasteiger partial charge in [0.05, 0.1) is 0 Å². The van der Waals surface area contributed by atoms with Crippen molar-refractivity contribution < 1.29 is 9.53 Å². The van der Waals surface area contributed by atoms with E-state index in [-0.39, 0.29) is 5.41 Å². The van der Waals surface area contributed by atoms with Crippen molar-refractivity contribution in [2.75, 3.05) is 0 Å². The van der Waals surface area contributed by atoms with Gasteiger partial charge in [0, 0.05) is 11.1 Å². The number of aryl methyl sites for hydroxylation is 2. The lowest BCUT2D eigenvalue weighted by molar-refractivity contribution is 0.112. The summed E-state index contributed by atoms with van der Waals surface area (Å²) >= 11 is 0. The molecule has 0 atom stereocenters. The zero-order valence-corrected chi connectivity index (χ0v) is 13.4. The van der Waals surface area contributed by atoms with Crippen molar-refractivity contribution in [2.24, 2.45) is 0 Å². The first-order valence-corrected chi connectivity index (χ1v) is 7.16. The van der Waals surface area contributed by atoms with Gasteiger partial charge in [0.25, 0.3) is 0 Å². The number of hydrogen-bond acceptors (Lipinski definition) is 2. The summed E-state index contributed by atoms with van der Waals surface area (Å²) in [6.45, 7) is 10.5. The van der Waals surface area contributed by atoms with Crippen molar-refractivity contribution >= 4 is 6.29 Å². The summed E-state index contributed by atoms with van der Waals surface area (Å²) in [5.41, 5.74) is 3.95. The molecule has 2 nitrogen and oxygen atoms in total. The summed E-state index contributed by atoms with van der Waals surface area (Å²) in [5.74, 6) is 1.59. The Morgan fingerprint density at radius 1 is 0.952 bits per heavy atom. The van der Waals surface area contributed by atoms with Crippen LogP contribution < -0.4 is 4.74 Å². The Hall–Kier alpha value is -2.09. The summed E-state index contributed by atoms with van der Waals surface area (Å²) in [4.78, 5) is 10.9. The van der Waals surface area contributed by atoms with Crippen molar-refractivity contribution in [2.45, 2.75) is 40.0 Å². The van der Waals surface area contributed by atoms with Crippen LogP contribution in [0.5, 0.6) is 11.5 Å². The van der Waals surface area contributed by atoms with E-state index in [1.54, 1.807) is 12.1 Å². The van der Waals surface area contributed by atoms with Gasteiger partial charge < -0.3 is 4.74 Å². The van der Waals surface area contributed by atoms with Gasteiger partial charge in [0.1, 0.15) is 17.8 Å². The zero-order chi connectivity index (χ0) is 15.6. The van der Waals surface area contributed by atoms with E-state index in [2.05, 4.69) is 32.9 Å². The molecule has 0 N–H and O–H groups in total. The maximum atomic E-state index is 10.9. The van der Waals surface area contributed by atoms with E-state index < -0.39 is 0 Å². The molecule has 0 aliphatic rings. The van der Waals surface area contributed by atoms with E-state index in [4.69, 9.17) is 4.74 Å². The van der Waals surface area contributed by atoms with Gasteiger partial charge in [-0.25, -0.2) is 0 Å². The number of ether oxygens (including phenoxy) is 1. The average molecular weight is 282 g/mol. The molecule has 0 bridgehead atoms. The number of aldehydes is 1. The molecule has 110 valence electrons. The van der Waals surface area contributed by atoms with Gasteiger partial charge in [0.15, 0.2) is 0 Å². The molecule has 21 heavy (non-hydrogen) atoms. The lowest BCUT2D eigenvalue weighted by Crippen LogP contribution is -2.12. The highest BCUT2D eigenvalue weighted by Crippen LogP contribution is 2.36. The second-order valence-electron chi connectivity index (χ2n) is 6.49. The van der Waals surface area contributed by atoms with E-state index in [0.717, 1.165) is 34.5 Å². The summed E-state index contributed by atoms with van der Waals surface area (Å²) < 4.78 is 6.13. The molecule has 0 fully saturated rings. The molecular weight excluding hydrogens is 260 g/mol. The summed E-state index contributed by atoms with van der Waals surface area (Å²) in [5, 5.41) is 0. The Kier molecular flexibility index (Phi) is 4.17. The summed E-state index contributed by atoms with van der Waals surface area (Å²) in [6, 6.07) is 11.8. The SMILES string of the molecule is Cc1ccc(C(C)(C)C)c(Oc2cc(C=O)ccc2C)c1. The van der Waals surface area contributed by atoms with Crippen LogP contribution in [-0.4, -0.2) is 6.29 Å². The highest BCUT2D eigenvalue weighted by molar-refractivity contribution is 5.76. The van der Waals surface area contributed by atoms with E-state index in [0.29, 0.717) is 5.56 Å². The molecule has 2 rings (SSSR count). The minimum atomic E-state index is -0.000786. The molecule has 0 aromatic heterocycles. The molecule has 0 saturated heterocycles. The highest BCUT2D eigenvalue weighted by atomic mass is 16.5. The first-order chi connectivity index (χ1) is 9.81. The third-order valence-corrected chi connectivity index (χ3v) is 3.51. The number of benzene rings is 2. The predicted octanol–water partition coefficient (Wildman–Crippen LogP) is 5.21. The van der Waals surface area contributed by atoms with Gasteiger partial charge in [-0.3, -0.25) is 4.79 Å². The molecule has 0 aliphatic heterocycles. The fraction of sp³-hybridized carbons (Fsp3) is 0.316. The minimum absolute atomic E-state index is 0.000786. The molecule has 0 amide bonds. The molecule has 2 aromatic rings. The second kappa shape index (κ2) is 5.72. The zero-order valence-electron chi connectivity index (χ0n) is 13.4. The fourth-order valence-corrected chi connectivity index (χ4v) is 2.25. The van der Waals surface area contributed by atoms with Crippen molar-refractivity contribution in [1.29, 1.82) is 0 Å². The van der Waals surface area contributed by atoms with Gasteiger partial charge in [-0.2, -0.15) is 0 Å². The van der Waals surface area contributed by atoms with Crippen molar-refractivity contribution in [3.05, 3.63) is 58.7 Å². The van der Waals surface area contributed by atoms with E-state index in [1.165, 1.54) is 0 Å². The van der Waals surface area contributed by atoms with E-state index in [1.807, 2.05) is 26.0 Å². The minimum Gasteiger partial charge on any atom is -0.457 e. The van der Waals surface area contributed by atoms with E-state index in [9.17, 15) is 4.79 Å². The van der Waals surface area contributed by atoms with Gasteiger partial charge in [0.2, 0.25) is 0 Å². The van der Waals surface area contributed by atoms with Crippen LogP contribution in [0.2, 0.25) is 0 Å². The average Bonchev–Trinajstić information content (AvgIpc) is 2.40. The lowest BCUT2D eigenvalue weighted by atomic mass is 9.86. The Balaban J connectivity index is 2.48. The molecule has 2 heteroatoms. The van der Waals surface area contributed by atoms with Crippen LogP contribution in [0.15, 0.2) is 36.4 Å². The highest BCUT2D eigenvalue weighted by Gasteiger charge is 2.19. The summed E-state index contributed by atoms with van der Waals surface area (Å²) in [7, 11) is 0. The van der Waals surface area contributed by atoms with Gasteiger partial charge in [-0.15, -0.1) is 0 Å². The van der Waals surface area contributed by atoms with Gasteiger partial charge in [-0.1, -0.05) is 45.0 Å². The van der Waals surface area contributed by atoms with Crippen LogP contribution in [0.1, 0.15) is 47.8 Å². The van der Waals surface area contributed by atoms with Gasteiger partial charge >= 0.3 is 0 Å².